The first-order chi connectivity index (χ1) is 9.73. The molecule has 0 saturated carbocycles. The Bertz CT molecular complexity index is 556. The van der Waals surface area contributed by atoms with E-state index in [4.69, 9.17) is 4.74 Å². The Morgan fingerprint density at radius 2 is 2.20 bits per heavy atom. The van der Waals surface area contributed by atoms with Gasteiger partial charge in [0.15, 0.2) is 0 Å². The number of nitrogens with zero attached hydrogens (tertiary/aromatic N) is 3. The van der Waals surface area contributed by atoms with E-state index in [0.717, 1.165) is 23.5 Å². The highest BCUT2D eigenvalue weighted by Gasteiger charge is 2.51. The van der Waals surface area contributed by atoms with E-state index in [1.54, 1.807) is 0 Å². The second-order valence-corrected chi connectivity index (χ2v) is 6.62. The molecule has 0 aliphatic carbocycles. The summed E-state index contributed by atoms with van der Waals surface area (Å²) in [5.74, 6) is 1.41. The molecule has 1 aromatic rings. The number of nitrogens with one attached hydrogen (secondary N) is 1. The monoisotopic (exact) mass is 336 g/mol. The lowest BCUT2D eigenvalue weighted by molar-refractivity contribution is -0.0829. The summed E-state index contributed by atoms with van der Waals surface area (Å²) in [5, 5.41) is 3.18. The number of rotatable bonds is 1. The first kappa shape index (κ1) is 12.6. The second kappa shape index (κ2) is 4.70. The third kappa shape index (κ3) is 2.11. The molecule has 106 valence electrons. The smallest absolute Gasteiger partial charge is 0.291 e. The number of ether oxygens (including phenoxy) is 1. The summed E-state index contributed by atoms with van der Waals surface area (Å²) in [6.45, 7) is 4.21. The Kier molecular flexibility index (Phi) is 2.96. The van der Waals surface area contributed by atoms with Crippen LogP contribution in [0.1, 0.15) is 12.8 Å². The summed E-state index contributed by atoms with van der Waals surface area (Å²) in [6, 6.07) is 6.37. The van der Waals surface area contributed by atoms with E-state index in [1.807, 2.05) is 18.2 Å². The third-order valence-corrected chi connectivity index (χ3v) is 5.00. The number of hydrogen-bond donors (Lipinski definition) is 1. The lowest BCUT2D eigenvalue weighted by Crippen LogP contribution is -2.61. The Balaban J connectivity index is 1.48. The van der Waals surface area contributed by atoms with E-state index in [2.05, 4.69) is 36.1 Å². The number of piperidine rings is 3. The van der Waals surface area contributed by atoms with Crippen LogP contribution in [-0.4, -0.2) is 47.7 Å². The van der Waals surface area contributed by atoms with Crippen LogP contribution in [0.15, 0.2) is 27.8 Å². The zero-order chi connectivity index (χ0) is 13.6. The molecule has 3 saturated heterocycles. The molecule has 4 aliphatic heterocycles. The zero-order valence-electron chi connectivity index (χ0n) is 11.2. The molecule has 0 aromatic carbocycles. The number of anilines is 1. The van der Waals surface area contributed by atoms with Crippen molar-refractivity contribution in [2.24, 2.45) is 10.9 Å². The first-order valence-corrected chi connectivity index (χ1v) is 7.88. The van der Waals surface area contributed by atoms with E-state index in [-0.39, 0.29) is 5.60 Å². The van der Waals surface area contributed by atoms with Crippen molar-refractivity contribution in [3.05, 3.63) is 22.8 Å². The number of aliphatic imine (C=N–C) groups is 1. The van der Waals surface area contributed by atoms with E-state index in [0.29, 0.717) is 11.9 Å². The van der Waals surface area contributed by atoms with Gasteiger partial charge in [-0.25, -0.2) is 9.98 Å². The highest BCUT2D eigenvalue weighted by atomic mass is 79.9. The Hall–Kier alpha value is -1.14. The zero-order valence-corrected chi connectivity index (χ0v) is 12.8. The summed E-state index contributed by atoms with van der Waals surface area (Å²) >= 11 is 3.37. The topological polar surface area (TPSA) is 49.8 Å². The minimum atomic E-state index is -0.0924. The van der Waals surface area contributed by atoms with Crippen LogP contribution < -0.4 is 5.32 Å². The molecule has 4 aliphatic rings. The standard InChI is InChI=1S/C14H17BrN4O/c15-11-2-1-3-12(17-11)18-13-16-8-14(20-13)9-19-6-4-10(14)5-7-19/h1-3,10H,4-9H2,(H,16,17,18)/t14-/m0/s1. The van der Waals surface area contributed by atoms with Gasteiger partial charge in [-0.15, -0.1) is 0 Å². The van der Waals surface area contributed by atoms with Crippen molar-refractivity contribution in [3.63, 3.8) is 0 Å². The Labute approximate surface area is 126 Å². The van der Waals surface area contributed by atoms with Crippen molar-refractivity contribution in [1.82, 2.24) is 9.88 Å². The van der Waals surface area contributed by atoms with Gasteiger partial charge in [0.25, 0.3) is 6.02 Å². The number of amidine groups is 1. The van der Waals surface area contributed by atoms with E-state index >= 15 is 0 Å². The average molecular weight is 337 g/mol. The maximum absolute atomic E-state index is 6.21. The predicted molar refractivity (Wildman–Crippen MR) is 80.8 cm³/mol. The van der Waals surface area contributed by atoms with Gasteiger partial charge in [-0.1, -0.05) is 6.07 Å². The van der Waals surface area contributed by atoms with Crippen molar-refractivity contribution in [3.8, 4) is 0 Å². The molecule has 20 heavy (non-hydrogen) atoms. The fourth-order valence-corrected chi connectivity index (χ4v) is 3.88. The van der Waals surface area contributed by atoms with Gasteiger partial charge in [-0.2, -0.15) is 0 Å². The van der Waals surface area contributed by atoms with Crippen molar-refractivity contribution in [1.29, 1.82) is 0 Å². The molecule has 0 unspecified atom stereocenters. The molecule has 6 heteroatoms. The van der Waals surface area contributed by atoms with Gasteiger partial charge in [0.1, 0.15) is 16.0 Å². The normalized spacial score (nSPS) is 35.0. The van der Waals surface area contributed by atoms with Gasteiger partial charge < -0.3 is 4.74 Å². The average Bonchev–Trinajstić information content (AvgIpc) is 2.83. The molecule has 3 fully saturated rings. The number of hydrogen-bond acceptors (Lipinski definition) is 5. The van der Waals surface area contributed by atoms with Crippen molar-refractivity contribution in [2.45, 2.75) is 18.4 Å². The molecule has 1 N–H and O–H groups in total. The van der Waals surface area contributed by atoms with Crippen LogP contribution in [0, 0.1) is 5.92 Å². The Morgan fingerprint density at radius 1 is 1.35 bits per heavy atom. The molecule has 5 heterocycles. The lowest BCUT2D eigenvalue weighted by Gasteiger charge is -2.50. The van der Waals surface area contributed by atoms with Gasteiger partial charge in [-0.3, -0.25) is 10.2 Å². The summed E-state index contributed by atoms with van der Waals surface area (Å²) in [7, 11) is 0. The molecule has 0 amide bonds. The minimum Gasteiger partial charge on any atom is -0.455 e. The minimum absolute atomic E-state index is 0.0924. The predicted octanol–water partition coefficient (Wildman–Crippen LogP) is 2.11. The summed E-state index contributed by atoms with van der Waals surface area (Å²) in [4.78, 5) is 11.4. The third-order valence-electron chi connectivity index (χ3n) is 4.56. The molecule has 1 spiro atoms. The van der Waals surface area contributed by atoms with Crippen molar-refractivity contribution in [2.75, 3.05) is 31.5 Å². The Morgan fingerprint density at radius 3 is 2.90 bits per heavy atom. The van der Waals surface area contributed by atoms with Crippen LogP contribution in [0.5, 0.6) is 0 Å². The SMILES string of the molecule is Brc1cccc(NC2=NC[C@@]3(CN4CCC3CC4)O2)n1. The fraction of sp³-hybridized carbons (Fsp3) is 0.571. The molecule has 0 radical (unpaired) electrons. The van der Waals surface area contributed by atoms with E-state index < -0.39 is 0 Å². The largest absolute Gasteiger partial charge is 0.455 e. The summed E-state index contributed by atoms with van der Waals surface area (Å²) in [6.07, 6.45) is 2.47. The highest BCUT2D eigenvalue weighted by molar-refractivity contribution is 9.10. The van der Waals surface area contributed by atoms with Crippen LogP contribution in [-0.2, 0) is 4.74 Å². The highest BCUT2D eigenvalue weighted by Crippen LogP contribution is 2.40. The van der Waals surface area contributed by atoms with Gasteiger partial charge in [0, 0.05) is 12.5 Å². The molecular formula is C14H17BrN4O. The van der Waals surface area contributed by atoms with Gasteiger partial charge in [0.05, 0.1) is 6.54 Å². The fourth-order valence-electron chi connectivity index (χ4n) is 3.53. The van der Waals surface area contributed by atoms with Crippen LogP contribution >= 0.6 is 15.9 Å². The molecular weight excluding hydrogens is 320 g/mol. The maximum atomic E-state index is 6.21. The number of halogens is 1. The van der Waals surface area contributed by atoms with Crippen molar-refractivity contribution >= 4 is 27.8 Å². The second-order valence-electron chi connectivity index (χ2n) is 5.81. The van der Waals surface area contributed by atoms with Crippen LogP contribution in [0.25, 0.3) is 0 Å². The molecule has 2 bridgehead atoms. The molecule has 5 rings (SSSR count). The van der Waals surface area contributed by atoms with Crippen LogP contribution in [0.2, 0.25) is 0 Å². The quantitative estimate of drug-likeness (QED) is 0.798. The van der Waals surface area contributed by atoms with Crippen LogP contribution in [0.3, 0.4) is 0 Å². The van der Waals surface area contributed by atoms with Gasteiger partial charge >= 0.3 is 0 Å². The number of aromatic nitrogens is 1. The lowest BCUT2D eigenvalue weighted by atomic mass is 9.75. The molecule has 5 nitrogen and oxygen atoms in total. The summed E-state index contributed by atoms with van der Waals surface area (Å²) < 4.78 is 7.01. The number of pyridine rings is 1. The van der Waals surface area contributed by atoms with Crippen molar-refractivity contribution < 1.29 is 4.74 Å². The summed E-state index contributed by atoms with van der Waals surface area (Å²) in [5.41, 5.74) is -0.0924. The molecule has 1 atom stereocenters. The molecule has 1 aromatic heterocycles. The van der Waals surface area contributed by atoms with Crippen LogP contribution in [0.4, 0.5) is 5.82 Å². The first-order valence-electron chi connectivity index (χ1n) is 7.09. The maximum Gasteiger partial charge on any atom is 0.291 e. The van der Waals surface area contributed by atoms with Gasteiger partial charge in [0.2, 0.25) is 0 Å². The van der Waals surface area contributed by atoms with Gasteiger partial charge in [-0.05, 0) is 54.0 Å². The number of fused-ring (bicyclic) bond motifs is 2. The van der Waals surface area contributed by atoms with E-state index in [9.17, 15) is 0 Å². The van der Waals surface area contributed by atoms with E-state index in [1.165, 1.54) is 25.9 Å².